The molecule has 1 aliphatic carbocycles. The Kier molecular flexibility index (Phi) is 7.79. The summed E-state index contributed by atoms with van der Waals surface area (Å²) < 4.78 is 54.4. The Morgan fingerprint density at radius 1 is 0.886 bits per heavy atom. The highest BCUT2D eigenvalue weighted by Crippen LogP contribution is 2.39. The van der Waals surface area contributed by atoms with Crippen LogP contribution in [0.1, 0.15) is 67.8 Å². The van der Waals surface area contributed by atoms with E-state index in [2.05, 4.69) is 6.92 Å². The number of esters is 1. The van der Waals surface area contributed by atoms with Gasteiger partial charge in [0.25, 0.3) is 0 Å². The Morgan fingerprint density at radius 3 is 2.23 bits per heavy atom. The van der Waals surface area contributed by atoms with Gasteiger partial charge in [0.05, 0.1) is 12.2 Å². The molecule has 0 unspecified atom stereocenters. The highest BCUT2D eigenvalue weighted by atomic mass is 19.2. The number of hydrogen-bond donors (Lipinski definition) is 0. The zero-order chi connectivity index (χ0) is 24.9. The lowest BCUT2D eigenvalue weighted by molar-refractivity contribution is 0.0734. The fourth-order valence-corrected chi connectivity index (χ4v) is 4.75. The van der Waals surface area contributed by atoms with Gasteiger partial charge in [-0.05, 0) is 79.8 Å². The van der Waals surface area contributed by atoms with Crippen molar-refractivity contribution in [2.45, 2.75) is 51.9 Å². The van der Waals surface area contributed by atoms with Crippen LogP contribution >= 0.6 is 0 Å². The minimum atomic E-state index is -0.875. The quantitative estimate of drug-likeness (QED) is 0.252. The summed E-state index contributed by atoms with van der Waals surface area (Å²) in [7, 11) is 0. The molecule has 3 aromatic rings. The molecule has 184 valence electrons. The van der Waals surface area contributed by atoms with Crippen LogP contribution in [0.2, 0.25) is 0 Å². The molecule has 0 amide bonds. The van der Waals surface area contributed by atoms with E-state index in [9.17, 15) is 13.6 Å². The third-order valence-electron chi connectivity index (χ3n) is 6.82. The number of hydrogen-bond acceptors (Lipinski definition) is 3. The van der Waals surface area contributed by atoms with Crippen molar-refractivity contribution < 1.29 is 27.4 Å². The molecule has 0 heterocycles. The third-order valence-corrected chi connectivity index (χ3v) is 6.82. The van der Waals surface area contributed by atoms with Crippen LogP contribution in [0, 0.1) is 23.4 Å². The van der Waals surface area contributed by atoms with E-state index < -0.39 is 23.4 Å². The minimum Gasteiger partial charge on any atom is -0.491 e. The molecule has 0 aliphatic heterocycles. The van der Waals surface area contributed by atoms with Gasteiger partial charge in [0.1, 0.15) is 5.75 Å². The number of carbonyl (C=O) groups excluding carboxylic acids is 1. The molecule has 4 rings (SSSR count). The van der Waals surface area contributed by atoms with Crippen molar-refractivity contribution in [2.75, 3.05) is 6.61 Å². The molecule has 0 atom stereocenters. The molecule has 0 spiro atoms. The standard InChI is InChI=1S/C29H29F3O3/c1-3-18-5-7-19(8-6-18)23-14-15-24(28(32)27(23)31)20-9-11-21(12-10-20)29(33)35-22-13-16-26(34-4-2)25(30)17-22/h9-19H,3-8H2,1-2H3. The Morgan fingerprint density at radius 2 is 1.60 bits per heavy atom. The summed E-state index contributed by atoms with van der Waals surface area (Å²) in [5.41, 5.74) is 1.24. The van der Waals surface area contributed by atoms with Crippen LogP contribution in [0.5, 0.6) is 11.5 Å². The summed E-state index contributed by atoms with van der Waals surface area (Å²) in [4.78, 5) is 12.5. The number of carbonyl (C=O) groups is 1. The molecule has 3 aromatic carbocycles. The van der Waals surface area contributed by atoms with Crippen LogP contribution < -0.4 is 9.47 Å². The first kappa shape index (κ1) is 24.8. The normalized spacial score (nSPS) is 17.7. The van der Waals surface area contributed by atoms with Crippen LogP contribution in [0.4, 0.5) is 13.2 Å². The molecular weight excluding hydrogens is 453 g/mol. The second kappa shape index (κ2) is 11.0. The van der Waals surface area contributed by atoms with Crippen molar-refractivity contribution in [1.29, 1.82) is 0 Å². The van der Waals surface area contributed by atoms with Gasteiger partial charge in [-0.3, -0.25) is 0 Å². The molecule has 0 radical (unpaired) electrons. The van der Waals surface area contributed by atoms with Crippen molar-refractivity contribution in [3.63, 3.8) is 0 Å². The summed E-state index contributed by atoms with van der Waals surface area (Å²) in [6.45, 7) is 4.23. The van der Waals surface area contributed by atoms with Crippen LogP contribution in [-0.2, 0) is 0 Å². The van der Waals surface area contributed by atoms with Gasteiger partial charge in [0.15, 0.2) is 23.2 Å². The van der Waals surface area contributed by atoms with Gasteiger partial charge in [0.2, 0.25) is 0 Å². The zero-order valence-electron chi connectivity index (χ0n) is 20.0. The van der Waals surface area contributed by atoms with E-state index in [4.69, 9.17) is 9.47 Å². The molecule has 0 aromatic heterocycles. The van der Waals surface area contributed by atoms with E-state index in [1.807, 2.05) is 0 Å². The lowest BCUT2D eigenvalue weighted by atomic mass is 9.77. The maximum absolute atomic E-state index is 15.0. The second-order valence-corrected chi connectivity index (χ2v) is 8.95. The van der Waals surface area contributed by atoms with Gasteiger partial charge in [0, 0.05) is 11.6 Å². The van der Waals surface area contributed by atoms with Crippen molar-refractivity contribution in [3.05, 3.63) is 83.2 Å². The lowest BCUT2D eigenvalue weighted by Crippen LogP contribution is -2.14. The zero-order valence-corrected chi connectivity index (χ0v) is 20.0. The first-order valence-corrected chi connectivity index (χ1v) is 12.1. The molecule has 1 aliphatic rings. The maximum Gasteiger partial charge on any atom is 0.343 e. The third kappa shape index (κ3) is 5.53. The molecule has 0 saturated heterocycles. The molecule has 0 N–H and O–H groups in total. The molecular formula is C29H29F3O3. The van der Waals surface area contributed by atoms with Crippen LogP contribution in [0.15, 0.2) is 54.6 Å². The number of rotatable bonds is 7. The molecule has 1 fully saturated rings. The minimum absolute atomic E-state index is 0.0386. The van der Waals surface area contributed by atoms with Crippen molar-refractivity contribution in [2.24, 2.45) is 5.92 Å². The number of halogens is 3. The van der Waals surface area contributed by atoms with Crippen LogP contribution in [0.3, 0.4) is 0 Å². The summed E-state index contributed by atoms with van der Waals surface area (Å²) in [6, 6.07) is 13.2. The van der Waals surface area contributed by atoms with E-state index >= 15 is 4.39 Å². The molecule has 3 nitrogen and oxygen atoms in total. The first-order chi connectivity index (χ1) is 16.9. The maximum atomic E-state index is 15.0. The topological polar surface area (TPSA) is 35.5 Å². The highest BCUT2D eigenvalue weighted by Gasteiger charge is 2.26. The van der Waals surface area contributed by atoms with E-state index in [-0.39, 0.29) is 28.5 Å². The Bertz CT molecular complexity index is 1180. The summed E-state index contributed by atoms with van der Waals surface area (Å²) in [5, 5.41) is 0. The van der Waals surface area contributed by atoms with Crippen LogP contribution in [-0.4, -0.2) is 12.6 Å². The average Bonchev–Trinajstić information content (AvgIpc) is 2.87. The first-order valence-electron chi connectivity index (χ1n) is 12.1. The van der Waals surface area contributed by atoms with E-state index in [0.717, 1.165) is 38.2 Å². The largest absolute Gasteiger partial charge is 0.491 e. The number of ether oxygens (including phenoxy) is 2. The second-order valence-electron chi connectivity index (χ2n) is 8.95. The van der Waals surface area contributed by atoms with Gasteiger partial charge < -0.3 is 9.47 Å². The Labute approximate surface area is 203 Å². The summed E-state index contributed by atoms with van der Waals surface area (Å²) >= 11 is 0. The molecule has 1 saturated carbocycles. The van der Waals surface area contributed by atoms with E-state index in [1.165, 1.54) is 24.3 Å². The van der Waals surface area contributed by atoms with Crippen LogP contribution in [0.25, 0.3) is 11.1 Å². The molecule has 6 heteroatoms. The number of benzene rings is 3. The molecule has 0 bridgehead atoms. The van der Waals surface area contributed by atoms with Crippen molar-refractivity contribution in [1.82, 2.24) is 0 Å². The monoisotopic (exact) mass is 482 g/mol. The molecule has 35 heavy (non-hydrogen) atoms. The Balaban J connectivity index is 1.47. The average molecular weight is 483 g/mol. The summed E-state index contributed by atoms with van der Waals surface area (Å²) in [6.07, 6.45) is 4.98. The van der Waals surface area contributed by atoms with E-state index in [0.29, 0.717) is 23.7 Å². The van der Waals surface area contributed by atoms with E-state index in [1.54, 1.807) is 31.2 Å². The fraction of sp³-hybridized carbons (Fsp3) is 0.345. The summed E-state index contributed by atoms with van der Waals surface area (Å²) in [5.74, 6) is -2.15. The fourth-order valence-electron chi connectivity index (χ4n) is 4.75. The SMILES string of the molecule is CCOc1ccc(OC(=O)c2ccc(-c3ccc(C4CCC(CC)CC4)c(F)c3F)cc2)cc1F. The smallest absolute Gasteiger partial charge is 0.343 e. The van der Waals surface area contributed by atoms with Crippen molar-refractivity contribution >= 4 is 5.97 Å². The highest BCUT2D eigenvalue weighted by molar-refractivity contribution is 5.91. The van der Waals surface area contributed by atoms with Gasteiger partial charge >= 0.3 is 5.97 Å². The van der Waals surface area contributed by atoms with Gasteiger partial charge in [-0.15, -0.1) is 0 Å². The van der Waals surface area contributed by atoms with Gasteiger partial charge in [-0.25, -0.2) is 18.0 Å². The van der Waals surface area contributed by atoms with Gasteiger partial charge in [-0.2, -0.15) is 0 Å². The lowest BCUT2D eigenvalue weighted by Gasteiger charge is -2.28. The predicted molar refractivity (Wildman–Crippen MR) is 129 cm³/mol. The van der Waals surface area contributed by atoms with Crippen molar-refractivity contribution in [3.8, 4) is 22.6 Å². The van der Waals surface area contributed by atoms with Gasteiger partial charge in [-0.1, -0.05) is 37.6 Å². The Hall–Kier alpha value is -3.28. The predicted octanol–water partition coefficient (Wildman–Crippen LogP) is 8.07.